The van der Waals surface area contributed by atoms with Gasteiger partial charge in [0.2, 0.25) is 0 Å². The SMILES string of the molecule is C=CCSC(C)OC(N)=O. The molecular weight excluding hydrogens is 150 g/mol. The normalized spacial score (nSPS) is 12.1. The van der Waals surface area contributed by atoms with Gasteiger partial charge in [-0.2, -0.15) is 0 Å². The minimum absolute atomic E-state index is 0.185. The van der Waals surface area contributed by atoms with E-state index in [2.05, 4.69) is 11.3 Å². The maximum atomic E-state index is 10.1. The first-order valence-corrected chi connectivity index (χ1v) is 3.90. The van der Waals surface area contributed by atoms with Crippen molar-refractivity contribution in [1.29, 1.82) is 0 Å². The Morgan fingerprint density at radius 2 is 2.60 bits per heavy atom. The molecule has 0 bridgehead atoms. The van der Waals surface area contributed by atoms with Crippen molar-refractivity contribution in [2.24, 2.45) is 5.73 Å². The van der Waals surface area contributed by atoms with Crippen LogP contribution >= 0.6 is 11.8 Å². The highest BCUT2D eigenvalue weighted by atomic mass is 32.2. The molecule has 4 heteroatoms. The van der Waals surface area contributed by atoms with Gasteiger partial charge in [0.1, 0.15) is 5.44 Å². The number of ether oxygens (including phenoxy) is 1. The largest absolute Gasteiger partial charge is 0.436 e. The van der Waals surface area contributed by atoms with E-state index in [9.17, 15) is 4.79 Å². The van der Waals surface area contributed by atoms with Crippen LogP contribution in [0.2, 0.25) is 0 Å². The fraction of sp³-hybridized carbons (Fsp3) is 0.500. The molecular formula is C6H11NO2S. The Kier molecular flexibility index (Phi) is 4.84. The monoisotopic (exact) mass is 161 g/mol. The van der Waals surface area contributed by atoms with Crippen molar-refractivity contribution in [2.45, 2.75) is 12.4 Å². The van der Waals surface area contributed by atoms with Gasteiger partial charge in [-0.25, -0.2) is 4.79 Å². The van der Waals surface area contributed by atoms with Crippen molar-refractivity contribution in [3.8, 4) is 0 Å². The van der Waals surface area contributed by atoms with Gasteiger partial charge in [0.15, 0.2) is 0 Å². The van der Waals surface area contributed by atoms with E-state index in [0.717, 1.165) is 5.75 Å². The van der Waals surface area contributed by atoms with Gasteiger partial charge in [0.05, 0.1) is 0 Å². The number of thioether (sulfide) groups is 1. The summed E-state index contributed by atoms with van der Waals surface area (Å²) in [5.74, 6) is 0.758. The van der Waals surface area contributed by atoms with E-state index in [0.29, 0.717) is 0 Å². The maximum Gasteiger partial charge on any atom is 0.405 e. The van der Waals surface area contributed by atoms with Gasteiger partial charge in [-0.05, 0) is 6.92 Å². The molecule has 0 saturated carbocycles. The Bertz CT molecular complexity index is 127. The third-order valence-electron chi connectivity index (χ3n) is 0.731. The number of hydrogen-bond donors (Lipinski definition) is 1. The Morgan fingerprint density at radius 1 is 2.00 bits per heavy atom. The molecule has 3 nitrogen and oxygen atoms in total. The van der Waals surface area contributed by atoms with E-state index in [1.807, 2.05) is 0 Å². The molecule has 0 aromatic rings. The Balaban J connectivity index is 3.33. The number of primary amides is 1. The molecule has 0 rings (SSSR count). The molecule has 1 unspecified atom stereocenters. The summed E-state index contributed by atoms with van der Waals surface area (Å²) in [6, 6.07) is 0. The topological polar surface area (TPSA) is 52.3 Å². The highest BCUT2D eigenvalue weighted by Crippen LogP contribution is 2.10. The highest BCUT2D eigenvalue weighted by molar-refractivity contribution is 7.99. The van der Waals surface area contributed by atoms with Crippen LogP contribution in [0.4, 0.5) is 4.79 Å². The van der Waals surface area contributed by atoms with Crippen molar-refractivity contribution < 1.29 is 9.53 Å². The smallest absolute Gasteiger partial charge is 0.405 e. The molecule has 0 aromatic heterocycles. The zero-order chi connectivity index (χ0) is 7.98. The third kappa shape index (κ3) is 5.50. The Hall–Kier alpha value is -0.640. The first kappa shape index (κ1) is 9.36. The van der Waals surface area contributed by atoms with Crippen molar-refractivity contribution >= 4 is 17.9 Å². The van der Waals surface area contributed by atoms with Crippen LogP contribution in [0, 0.1) is 0 Å². The summed E-state index contributed by atoms with van der Waals surface area (Å²) in [6.07, 6.45) is 1.01. The van der Waals surface area contributed by atoms with E-state index < -0.39 is 6.09 Å². The summed E-state index contributed by atoms with van der Waals surface area (Å²) >= 11 is 1.46. The van der Waals surface area contributed by atoms with Crippen LogP contribution in [-0.2, 0) is 4.74 Å². The lowest BCUT2D eigenvalue weighted by molar-refractivity contribution is 0.152. The first-order valence-electron chi connectivity index (χ1n) is 2.85. The number of rotatable bonds is 4. The lowest BCUT2D eigenvalue weighted by atomic mass is 10.8. The number of carbonyl (C=O) groups is 1. The number of nitrogens with two attached hydrogens (primary N) is 1. The lowest BCUT2D eigenvalue weighted by Gasteiger charge is -2.08. The van der Waals surface area contributed by atoms with Gasteiger partial charge in [0, 0.05) is 5.75 Å². The van der Waals surface area contributed by atoms with E-state index in [-0.39, 0.29) is 5.44 Å². The molecule has 1 atom stereocenters. The highest BCUT2D eigenvalue weighted by Gasteiger charge is 2.03. The molecule has 0 heterocycles. The first-order chi connectivity index (χ1) is 4.66. The molecule has 0 fully saturated rings. The minimum atomic E-state index is -0.732. The molecule has 58 valence electrons. The van der Waals surface area contributed by atoms with E-state index in [1.54, 1.807) is 13.0 Å². The number of carbonyl (C=O) groups excluding carboxylic acids is 1. The van der Waals surface area contributed by atoms with Crippen LogP contribution in [0.5, 0.6) is 0 Å². The number of hydrogen-bond acceptors (Lipinski definition) is 3. The van der Waals surface area contributed by atoms with Crippen LogP contribution in [-0.4, -0.2) is 17.3 Å². The zero-order valence-electron chi connectivity index (χ0n) is 5.87. The van der Waals surface area contributed by atoms with E-state index in [4.69, 9.17) is 5.73 Å². The summed E-state index contributed by atoms with van der Waals surface area (Å²) in [5, 5.41) is 0. The van der Waals surface area contributed by atoms with Crippen LogP contribution in [0.25, 0.3) is 0 Å². The molecule has 1 amide bonds. The summed E-state index contributed by atoms with van der Waals surface area (Å²) in [6.45, 7) is 5.28. The molecule has 0 aromatic carbocycles. The second kappa shape index (κ2) is 5.17. The number of amides is 1. The van der Waals surface area contributed by atoms with Crippen LogP contribution < -0.4 is 5.73 Å². The summed E-state index contributed by atoms with van der Waals surface area (Å²) in [5.41, 5.74) is 4.58. The van der Waals surface area contributed by atoms with Gasteiger partial charge in [0.25, 0.3) is 0 Å². The fourth-order valence-corrected chi connectivity index (χ4v) is 0.971. The van der Waals surface area contributed by atoms with Gasteiger partial charge >= 0.3 is 6.09 Å². The summed E-state index contributed by atoms with van der Waals surface area (Å²) in [4.78, 5) is 10.1. The van der Waals surface area contributed by atoms with Gasteiger partial charge in [-0.15, -0.1) is 18.3 Å². The molecule has 0 saturated heterocycles. The third-order valence-corrected chi connectivity index (χ3v) is 1.72. The quantitative estimate of drug-likeness (QED) is 0.500. The standard InChI is InChI=1S/C6H11NO2S/c1-3-4-10-5(2)9-6(7)8/h3,5H,1,4H2,2H3,(H2,7,8). The van der Waals surface area contributed by atoms with Crippen LogP contribution in [0.1, 0.15) is 6.92 Å². The second-order valence-electron chi connectivity index (χ2n) is 1.63. The fourth-order valence-electron chi connectivity index (χ4n) is 0.401. The molecule has 10 heavy (non-hydrogen) atoms. The molecule has 0 aliphatic heterocycles. The van der Waals surface area contributed by atoms with Crippen molar-refractivity contribution in [3.05, 3.63) is 12.7 Å². The average Bonchev–Trinajstić information content (AvgIpc) is 1.82. The minimum Gasteiger partial charge on any atom is -0.436 e. The van der Waals surface area contributed by atoms with Gasteiger partial charge in [-0.3, -0.25) is 0 Å². The molecule has 0 aliphatic rings. The zero-order valence-corrected chi connectivity index (χ0v) is 6.69. The van der Waals surface area contributed by atoms with Crippen molar-refractivity contribution in [3.63, 3.8) is 0 Å². The summed E-state index contributed by atoms with van der Waals surface area (Å²) < 4.78 is 4.61. The Labute approximate surface area is 64.6 Å². The average molecular weight is 161 g/mol. The second-order valence-corrected chi connectivity index (χ2v) is 2.96. The van der Waals surface area contributed by atoms with Crippen LogP contribution in [0.15, 0.2) is 12.7 Å². The molecule has 0 aliphatic carbocycles. The predicted molar refractivity (Wildman–Crippen MR) is 42.8 cm³/mol. The van der Waals surface area contributed by atoms with Crippen molar-refractivity contribution in [2.75, 3.05) is 5.75 Å². The summed E-state index contributed by atoms with van der Waals surface area (Å²) in [7, 11) is 0. The van der Waals surface area contributed by atoms with Crippen LogP contribution in [0.3, 0.4) is 0 Å². The van der Waals surface area contributed by atoms with Crippen molar-refractivity contribution in [1.82, 2.24) is 0 Å². The molecule has 0 radical (unpaired) electrons. The molecule has 2 N–H and O–H groups in total. The predicted octanol–water partition coefficient (Wildman–Crippen LogP) is 1.35. The Morgan fingerprint density at radius 3 is 3.00 bits per heavy atom. The lowest BCUT2D eigenvalue weighted by Crippen LogP contribution is -2.18. The van der Waals surface area contributed by atoms with E-state index in [1.165, 1.54) is 11.8 Å². The van der Waals surface area contributed by atoms with Gasteiger partial charge in [-0.1, -0.05) is 6.08 Å². The van der Waals surface area contributed by atoms with E-state index >= 15 is 0 Å². The maximum absolute atomic E-state index is 10.1. The van der Waals surface area contributed by atoms with Gasteiger partial charge < -0.3 is 10.5 Å². The molecule has 0 spiro atoms.